The van der Waals surface area contributed by atoms with E-state index in [9.17, 15) is 24.3 Å². The SMILES string of the molecule is NC(N)=NCCCC(NC(=O)C(Cc1ccccc1)NC(=O)C1CCCN1C(=O)C1CCCN1)C(=O)O. The molecule has 37 heavy (non-hydrogen) atoms. The van der Waals surface area contributed by atoms with Crippen LogP contribution in [-0.2, 0) is 25.6 Å². The summed E-state index contributed by atoms with van der Waals surface area (Å²) >= 11 is 0. The maximum absolute atomic E-state index is 13.3. The number of guanidine groups is 1. The summed E-state index contributed by atoms with van der Waals surface area (Å²) in [4.78, 5) is 56.7. The van der Waals surface area contributed by atoms with Crippen LogP contribution in [0.4, 0.5) is 0 Å². The Balaban J connectivity index is 1.69. The molecule has 3 amide bonds. The predicted octanol–water partition coefficient (Wildman–Crippen LogP) is -0.920. The minimum absolute atomic E-state index is 0.0917. The van der Waals surface area contributed by atoms with Crippen LogP contribution in [0.25, 0.3) is 0 Å². The Morgan fingerprint density at radius 1 is 1.08 bits per heavy atom. The summed E-state index contributed by atoms with van der Waals surface area (Å²) in [5.74, 6) is -2.41. The molecule has 2 heterocycles. The molecule has 2 aliphatic heterocycles. The number of aliphatic imine (C=N–C) groups is 1. The number of nitrogens with two attached hydrogens (primary N) is 2. The number of carbonyl (C=O) groups is 4. The molecule has 0 aromatic heterocycles. The zero-order chi connectivity index (χ0) is 26.8. The highest BCUT2D eigenvalue weighted by atomic mass is 16.4. The number of rotatable bonds is 12. The molecule has 0 radical (unpaired) electrons. The van der Waals surface area contributed by atoms with Gasteiger partial charge in [0.25, 0.3) is 0 Å². The average molecular weight is 516 g/mol. The molecule has 202 valence electrons. The summed E-state index contributed by atoms with van der Waals surface area (Å²) in [6.45, 7) is 1.49. The first-order valence-corrected chi connectivity index (χ1v) is 12.7. The third-order valence-electron chi connectivity index (χ3n) is 6.67. The fourth-order valence-electron chi connectivity index (χ4n) is 4.76. The van der Waals surface area contributed by atoms with Gasteiger partial charge in [-0.1, -0.05) is 30.3 Å². The molecule has 4 atom stereocenters. The van der Waals surface area contributed by atoms with E-state index in [1.807, 2.05) is 30.3 Å². The van der Waals surface area contributed by atoms with Crippen molar-refractivity contribution in [2.24, 2.45) is 16.5 Å². The van der Waals surface area contributed by atoms with Crippen LogP contribution in [-0.4, -0.2) is 83.5 Å². The largest absolute Gasteiger partial charge is 0.480 e. The number of hydrogen-bond acceptors (Lipinski definition) is 6. The maximum atomic E-state index is 13.3. The van der Waals surface area contributed by atoms with Crippen molar-refractivity contribution in [3.05, 3.63) is 35.9 Å². The molecule has 8 N–H and O–H groups in total. The smallest absolute Gasteiger partial charge is 0.326 e. The van der Waals surface area contributed by atoms with Gasteiger partial charge in [-0.05, 0) is 50.6 Å². The molecule has 0 saturated carbocycles. The lowest BCUT2D eigenvalue weighted by Crippen LogP contribution is -2.57. The summed E-state index contributed by atoms with van der Waals surface area (Å²) in [7, 11) is 0. The van der Waals surface area contributed by atoms with E-state index >= 15 is 0 Å². The highest BCUT2D eigenvalue weighted by molar-refractivity contribution is 5.94. The molecule has 0 spiro atoms. The second-order valence-electron chi connectivity index (χ2n) is 9.44. The Bertz CT molecular complexity index is 977. The number of carboxylic acids is 1. The Morgan fingerprint density at radius 2 is 1.84 bits per heavy atom. The summed E-state index contributed by atoms with van der Waals surface area (Å²) in [6.07, 6.45) is 3.49. The van der Waals surface area contributed by atoms with Gasteiger partial charge in [0.15, 0.2) is 5.96 Å². The molecule has 2 fully saturated rings. The summed E-state index contributed by atoms with van der Waals surface area (Å²) < 4.78 is 0. The van der Waals surface area contributed by atoms with Crippen molar-refractivity contribution in [2.75, 3.05) is 19.6 Å². The molecule has 1 aromatic carbocycles. The number of benzene rings is 1. The number of amides is 3. The zero-order valence-corrected chi connectivity index (χ0v) is 20.9. The van der Waals surface area contributed by atoms with Crippen LogP contribution < -0.4 is 27.4 Å². The van der Waals surface area contributed by atoms with Gasteiger partial charge in [-0.2, -0.15) is 0 Å². The van der Waals surface area contributed by atoms with E-state index < -0.39 is 35.9 Å². The lowest BCUT2D eigenvalue weighted by molar-refractivity contribution is -0.143. The number of hydrogen-bond donors (Lipinski definition) is 6. The average Bonchev–Trinajstić information content (AvgIpc) is 3.58. The fraction of sp³-hybridized carbons (Fsp3) is 0.560. The van der Waals surface area contributed by atoms with Crippen LogP contribution in [0.15, 0.2) is 35.3 Å². The van der Waals surface area contributed by atoms with Gasteiger partial charge >= 0.3 is 5.97 Å². The first-order chi connectivity index (χ1) is 17.8. The Labute approximate surface area is 216 Å². The molecule has 2 saturated heterocycles. The minimum Gasteiger partial charge on any atom is -0.480 e. The van der Waals surface area contributed by atoms with Gasteiger partial charge < -0.3 is 37.4 Å². The summed E-state index contributed by atoms with van der Waals surface area (Å²) in [5.41, 5.74) is 11.4. The molecule has 12 nitrogen and oxygen atoms in total. The number of carbonyl (C=O) groups excluding carboxylic acids is 3. The maximum Gasteiger partial charge on any atom is 0.326 e. The van der Waals surface area contributed by atoms with E-state index in [0.29, 0.717) is 25.8 Å². The zero-order valence-electron chi connectivity index (χ0n) is 20.9. The van der Waals surface area contributed by atoms with Crippen LogP contribution in [0.5, 0.6) is 0 Å². The molecular formula is C25H37N7O5. The van der Waals surface area contributed by atoms with Crippen LogP contribution in [0.2, 0.25) is 0 Å². The molecule has 1 aromatic rings. The predicted molar refractivity (Wildman–Crippen MR) is 137 cm³/mol. The van der Waals surface area contributed by atoms with Crippen LogP contribution in [0, 0.1) is 0 Å². The van der Waals surface area contributed by atoms with Gasteiger partial charge in [-0.25, -0.2) is 4.79 Å². The van der Waals surface area contributed by atoms with Crippen molar-refractivity contribution in [3.63, 3.8) is 0 Å². The summed E-state index contributed by atoms with van der Waals surface area (Å²) in [6, 6.07) is 5.99. The van der Waals surface area contributed by atoms with Crippen molar-refractivity contribution in [3.8, 4) is 0 Å². The fourth-order valence-corrected chi connectivity index (χ4v) is 4.76. The number of carboxylic acid groups (broad SMARTS) is 1. The van der Waals surface area contributed by atoms with Gasteiger partial charge in [0, 0.05) is 19.5 Å². The van der Waals surface area contributed by atoms with Crippen LogP contribution in [0.3, 0.4) is 0 Å². The Kier molecular flexibility index (Phi) is 10.2. The lowest BCUT2D eigenvalue weighted by atomic mass is 10.0. The normalized spacial score (nSPS) is 20.6. The van der Waals surface area contributed by atoms with Crippen molar-refractivity contribution in [1.29, 1.82) is 0 Å². The first kappa shape index (κ1) is 27.9. The molecule has 4 unspecified atom stereocenters. The number of aliphatic carboxylic acids is 1. The molecular weight excluding hydrogens is 478 g/mol. The highest BCUT2D eigenvalue weighted by Crippen LogP contribution is 2.21. The standard InChI is InChI=1S/C25H37N7O5/c26-25(27)29-13-5-10-18(24(36)37)30-21(33)19(15-16-7-2-1-3-8-16)31-22(34)20-11-6-14-32(20)23(35)17-9-4-12-28-17/h1-3,7-8,17-20,28H,4-6,9-15H2,(H,30,33)(H,31,34)(H,36,37)(H4,26,27,29). The quantitative estimate of drug-likeness (QED) is 0.117. The van der Waals surface area contributed by atoms with Gasteiger partial charge in [-0.3, -0.25) is 19.4 Å². The number of likely N-dealkylation sites (tertiary alicyclic amines) is 1. The summed E-state index contributed by atoms with van der Waals surface area (Å²) in [5, 5.41) is 18.1. The van der Waals surface area contributed by atoms with Gasteiger partial charge in [0.2, 0.25) is 17.7 Å². The van der Waals surface area contributed by atoms with E-state index in [0.717, 1.165) is 24.9 Å². The lowest BCUT2D eigenvalue weighted by Gasteiger charge is -2.28. The first-order valence-electron chi connectivity index (χ1n) is 12.7. The Hall–Kier alpha value is -3.67. The topological polar surface area (TPSA) is 192 Å². The van der Waals surface area contributed by atoms with E-state index in [2.05, 4.69) is 20.9 Å². The second-order valence-corrected chi connectivity index (χ2v) is 9.44. The van der Waals surface area contributed by atoms with Gasteiger partial charge in [0.1, 0.15) is 18.1 Å². The molecule has 12 heteroatoms. The van der Waals surface area contributed by atoms with Crippen LogP contribution >= 0.6 is 0 Å². The van der Waals surface area contributed by atoms with Crippen molar-refractivity contribution in [1.82, 2.24) is 20.9 Å². The molecule has 2 aliphatic rings. The third kappa shape index (κ3) is 8.17. The third-order valence-corrected chi connectivity index (χ3v) is 6.67. The van der Waals surface area contributed by atoms with Gasteiger partial charge in [0.05, 0.1) is 6.04 Å². The molecule has 0 aliphatic carbocycles. The molecule has 0 bridgehead atoms. The monoisotopic (exact) mass is 515 g/mol. The van der Waals surface area contributed by atoms with Crippen molar-refractivity contribution in [2.45, 2.75) is 69.1 Å². The number of nitrogens with one attached hydrogen (secondary N) is 3. The highest BCUT2D eigenvalue weighted by Gasteiger charge is 2.39. The second kappa shape index (κ2) is 13.6. The van der Waals surface area contributed by atoms with Gasteiger partial charge in [-0.15, -0.1) is 0 Å². The Morgan fingerprint density at radius 3 is 2.49 bits per heavy atom. The van der Waals surface area contributed by atoms with E-state index in [4.69, 9.17) is 11.5 Å². The molecule has 3 rings (SSSR count). The van der Waals surface area contributed by atoms with E-state index in [1.165, 1.54) is 0 Å². The van der Waals surface area contributed by atoms with Crippen LogP contribution in [0.1, 0.15) is 44.1 Å². The number of nitrogens with zero attached hydrogens (tertiary/aromatic N) is 2. The van der Waals surface area contributed by atoms with Crippen molar-refractivity contribution < 1.29 is 24.3 Å². The van der Waals surface area contributed by atoms with E-state index in [-0.39, 0.29) is 37.3 Å². The van der Waals surface area contributed by atoms with Crippen molar-refractivity contribution >= 4 is 29.7 Å². The minimum atomic E-state index is -1.19. The van der Waals surface area contributed by atoms with E-state index in [1.54, 1.807) is 4.90 Å².